The Morgan fingerprint density at radius 2 is 1.66 bits per heavy atom. The summed E-state index contributed by atoms with van der Waals surface area (Å²) < 4.78 is 19.4. The number of hydrogen-bond acceptors (Lipinski definition) is 3. The minimum absolute atomic E-state index is 0.285. The van der Waals surface area contributed by atoms with E-state index in [2.05, 4.69) is 27.7 Å². The van der Waals surface area contributed by atoms with Crippen LogP contribution in [0.15, 0.2) is 0 Å². The lowest BCUT2D eigenvalue weighted by atomic mass is 9.44. The molecule has 0 aromatic heterocycles. The fourth-order valence-corrected chi connectivity index (χ4v) is 10.7. The minimum Gasteiger partial charge on any atom is -0.381 e. The van der Waals surface area contributed by atoms with Crippen molar-refractivity contribution in [2.45, 2.75) is 116 Å². The van der Waals surface area contributed by atoms with Gasteiger partial charge in [-0.05, 0) is 111 Å². The average Bonchev–Trinajstić information content (AvgIpc) is 3.13. The first-order valence-electron chi connectivity index (χ1n) is 14.2. The first-order chi connectivity index (χ1) is 15.3. The molecule has 0 N–H and O–H groups in total. The molecule has 2 heterocycles. The molecule has 6 fully saturated rings. The maximum atomic E-state index is 7.01. The van der Waals surface area contributed by atoms with E-state index in [-0.39, 0.29) is 5.79 Å². The van der Waals surface area contributed by atoms with Gasteiger partial charge in [0.2, 0.25) is 0 Å². The van der Waals surface area contributed by atoms with Crippen LogP contribution in [-0.2, 0) is 14.2 Å². The van der Waals surface area contributed by atoms with Gasteiger partial charge < -0.3 is 14.2 Å². The standard InChI is InChI=1S/C29H48O3/c1-18-7-6-12-29(31-17-18)19(2)26-25(32-29)16-24-22-9-8-20-15-21(30-5)10-13-27(20,3)23(22)11-14-28(24,26)4/h18-26H,6-17H2,1-5H3/t18-,19-,20-,21+,22?,23?,24?,25?,26?,27+,28+,29-/m1/s1. The van der Waals surface area contributed by atoms with Gasteiger partial charge in [-0.25, -0.2) is 0 Å². The Kier molecular flexibility index (Phi) is 5.37. The van der Waals surface area contributed by atoms with E-state index >= 15 is 0 Å². The molecule has 4 saturated carbocycles. The van der Waals surface area contributed by atoms with Gasteiger partial charge in [0.15, 0.2) is 5.79 Å². The summed E-state index contributed by atoms with van der Waals surface area (Å²) in [7, 11) is 1.93. The summed E-state index contributed by atoms with van der Waals surface area (Å²) in [6.45, 7) is 11.1. The van der Waals surface area contributed by atoms with Crippen LogP contribution in [0.4, 0.5) is 0 Å². The van der Waals surface area contributed by atoms with Crippen molar-refractivity contribution in [2.24, 2.45) is 52.3 Å². The van der Waals surface area contributed by atoms with Gasteiger partial charge in [0.25, 0.3) is 0 Å². The molecule has 3 heteroatoms. The molecule has 6 rings (SSSR count). The van der Waals surface area contributed by atoms with Gasteiger partial charge in [-0.15, -0.1) is 0 Å². The molecule has 2 saturated heterocycles. The van der Waals surface area contributed by atoms with E-state index in [1.54, 1.807) is 0 Å². The zero-order valence-electron chi connectivity index (χ0n) is 21.4. The highest BCUT2D eigenvalue weighted by molar-refractivity contribution is 5.15. The van der Waals surface area contributed by atoms with Gasteiger partial charge in [0.1, 0.15) is 0 Å². The summed E-state index contributed by atoms with van der Waals surface area (Å²) in [5.41, 5.74) is 0.994. The summed E-state index contributed by atoms with van der Waals surface area (Å²) in [5, 5.41) is 0. The second-order valence-corrected chi connectivity index (χ2v) is 13.7. The van der Waals surface area contributed by atoms with E-state index in [1.165, 1.54) is 64.2 Å². The monoisotopic (exact) mass is 444 g/mol. The zero-order valence-corrected chi connectivity index (χ0v) is 21.4. The van der Waals surface area contributed by atoms with Crippen molar-refractivity contribution in [3.8, 4) is 0 Å². The van der Waals surface area contributed by atoms with Gasteiger partial charge in [0, 0.05) is 19.4 Å². The third kappa shape index (κ3) is 3.02. The number of hydrogen-bond donors (Lipinski definition) is 0. The number of fused-ring (bicyclic) bond motifs is 7. The highest BCUT2D eigenvalue weighted by Gasteiger charge is 2.68. The van der Waals surface area contributed by atoms with Crippen LogP contribution in [0.25, 0.3) is 0 Å². The summed E-state index contributed by atoms with van der Waals surface area (Å²) in [6, 6.07) is 0. The van der Waals surface area contributed by atoms with Crippen molar-refractivity contribution in [3.63, 3.8) is 0 Å². The number of rotatable bonds is 1. The normalized spacial score (nSPS) is 59.7. The molecule has 4 aliphatic carbocycles. The third-order valence-electron chi connectivity index (χ3n) is 12.5. The molecule has 0 aromatic carbocycles. The quantitative estimate of drug-likeness (QED) is 0.443. The fourth-order valence-electron chi connectivity index (χ4n) is 10.7. The van der Waals surface area contributed by atoms with E-state index in [0.29, 0.717) is 40.8 Å². The van der Waals surface area contributed by atoms with Crippen LogP contribution < -0.4 is 0 Å². The fraction of sp³-hybridized carbons (Fsp3) is 1.00. The lowest BCUT2D eigenvalue weighted by Crippen LogP contribution is -2.55. The molecule has 0 bridgehead atoms. The Balaban J connectivity index is 1.24. The van der Waals surface area contributed by atoms with E-state index < -0.39 is 0 Å². The van der Waals surface area contributed by atoms with Gasteiger partial charge in [0.05, 0.1) is 18.8 Å². The molecular weight excluding hydrogens is 396 g/mol. The Hall–Kier alpha value is -0.120. The van der Waals surface area contributed by atoms with Crippen LogP contribution in [0.1, 0.15) is 98.3 Å². The SMILES string of the molecule is CO[C@H]1CC[C@]2(C)C3CC[C@@]4(C)C(CC5O[C@]6(CCC[C@@H](C)CO6)[C@H](C)C54)C3CC[C@@H]2C1. The molecule has 3 nitrogen and oxygen atoms in total. The molecule has 0 radical (unpaired) electrons. The Bertz CT molecular complexity index is 723. The summed E-state index contributed by atoms with van der Waals surface area (Å²) in [6.07, 6.45) is 15.6. The van der Waals surface area contributed by atoms with Crippen LogP contribution in [0.2, 0.25) is 0 Å². The smallest absolute Gasteiger partial charge is 0.171 e. The van der Waals surface area contributed by atoms with E-state index in [9.17, 15) is 0 Å². The number of methoxy groups -OCH3 is 1. The van der Waals surface area contributed by atoms with Crippen molar-refractivity contribution < 1.29 is 14.2 Å². The molecule has 2 aliphatic heterocycles. The zero-order chi connectivity index (χ0) is 22.3. The summed E-state index contributed by atoms with van der Waals surface area (Å²) in [4.78, 5) is 0. The highest BCUT2D eigenvalue weighted by Crippen LogP contribution is 2.71. The summed E-state index contributed by atoms with van der Waals surface area (Å²) >= 11 is 0. The maximum Gasteiger partial charge on any atom is 0.171 e. The van der Waals surface area contributed by atoms with Gasteiger partial charge >= 0.3 is 0 Å². The van der Waals surface area contributed by atoms with E-state index in [0.717, 1.165) is 36.7 Å². The van der Waals surface area contributed by atoms with Crippen molar-refractivity contribution in [3.05, 3.63) is 0 Å². The van der Waals surface area contributed by atoms with E-state index in [1.807, 2.05) is 7.11 Å². The van der Waals surface area contributed by atoms with Crippen molar-refractivity contribution in [1.29, 1.82) is 0 Å². The topological polar surface area (TPSA) is 27.7 Å². The van der Waals surface area contributed by atoms with Gasteiger partial charge in [-0.3, -0.25) is 0 Å². The van der Waals surface area contributed by atoms with Crippen molar-refractivity contribution >= 4 is 0 Å². The average molecular weight is 445 g/mol. The van der Waals surface area contributed by atoms with Crippen LogP contribution in [0, 0.1) is 52.3 Å². The van der Waals surface area contributed by atoms with Crippen molar-refractivity contribution in [2.75, 3.05) is 13.7 Å². The first kappa shape index (κ1) is 22.4. The third-order valence-corrected chi connectivity index (χ3v) is 12.5. The second-order valence-electron chi connectivity index (χ2n) is 13.7. The lowest BCUT2D eigenvalue weighted by molar-refractivity contribution is -0.250. The maximum absolute atomic E-state index is 7.01. The molecule has 0 amide bonds. The molecule has 6 aliphatic rings. The Morgan fingerprint density at radius 1 is 0.844 bits per heavy atom. The molecular formula is C29H48O3. The minimum atomic E-state index is -0.285. The molecule has 5 unspecified atom stereocenters. The van der Waals surface area contributed by atoms with Crippen molar-refractivity contribution in [1.82, 2.24) is 0 Å². The molecule has 32 heavy (non-hydrogen) atoms. The summed E-state index contributed by atoms with van der Waals surface area (Å²) in [5.74, 6) is 5.20. The molecule has 12 atom stereocenters. The van der Waals surface area contributed by atoms with Crippen LogP contribution in [-0.4, -0.2) is 31.7 Å². The predicted molar refractivity (Wildman–Crippen MR) is 127 cm³/mol. The van der Waals surface area contributed by atoms with Gasteiger partial charge in [-0.1, -0.05) is 27.7 Å². The first-order valence-corrected chi connectivity index (χ1v) is 14.2. The molecule has 182 valence electrons. The Morgan fingerprint density at radius 3 is 2.47 bits per heavy atom. The number of ether oxygens (including phenoxy) is 3. The Labute approximate surface area is 196 Å². The molecule has 1 spiro atoms. The van der Waals surface area contributed by atoms with Crippen LogP contribution >= 0.6 is 0 Å². The lowest BCUT2D eigenvalue weighted by Gasteiger charge is -2.61. The highest BCUT2D eigenvalue weighted by atomic mass is 16.7. The molecule has 0 aromatic rings. The van der Waals surface area contributed by atoms with E-state index in [4.69, 9.17) is 14.2 Å². The predicted octanol–water partition coefficient (Wildman–Crippen LogP) is 6.84. The van der Waals surface area contributed by atoms with Crippen LogP contribution in [0.3, 0.4) is 0 Å². The van der Waals surface area contributed by atoms with Gasteiger partial charge in [-0.2, -0.15) is 0 Å². The largest absolute Gasteiger partial charge is 0.381 e. The second kappa shape index (κ2) is 7.69. The van der Waals surface area contributed by atoms with Crippen LogP contribution in [0.5, 0.6) is 0 Å².